The van der Waals surface area contributed by atoms with Gasteiger partial charge in [0.15, 0.2) is 5.11 Å². The molecule has 0 spiro atoms. The van der Waals surface area contributed by atoms with E-state index in [1.165, 1.54) is 5.56 Å². The standard InChI is InChI=1S/C16H24N4OS/c1-14(15-5-3-2-4-6-15)13-18-19-16(22)17-7-8-20-9-11-21-12-10-20/h2-6,13-14H,7-12H2,1H3,(H2,17,19,22)/b18-13-/t14-/m0/s1. The highest BCUT2D eigenvalue weighted by molar-refractivity contribution is 7.80. The van der Waals surface area contributed by atoms with Gasteiger partial charge in [-0.2, -0.15) is 5.10 Å². The molecule has 1 aromatic carbocycles. The van der Waals surface area contributed by atoms with Crippen LogP contribution >= 0.6 is 12.2 Å². The average Bonchev–Trinajstić information content (AvgIpc) is 2.56. The Hall–Kier alpha value is -1.50. The molecule has 0 bridgehead atoms. The predicted molar refractivity (Wildman–Crippen MR) is 94.3 cm³/mol. The number of nitrogens with one attached hydrogen (secondary N) is 2. The Morgan fingerprint density at radius 1 is 1.36 bits per heavy atom. The van der Waals surface area contributed by atoms with Gasteiger partial charge in [0.05, 0.1) is 13.2 Å². The highest BCUT2D eigenvalue weighted by Gasteiger charge is 2.09. The van der Waals surface area contributed by atoms with Crippen LogP contribution in [0.25, 0.3) is 0 Å². The van der Waals surface area contributed by atoms with Gasteiger partial charge < -0.3 is 10.1 Å². The van der Waals surface area contributed by atoms with Crippen LogP contribution in [0.2, 0.25) is 0 Å². The van der Waals surface area contributed by atoms with Crippen molar-refractivity contribution in [1.29, 1.82) is 0 Å². The molecule has 0 saturated carbocycles. The van der Waals surface area contributed by atoms with Crippen LogP contribution in [-0.2, 0) is 4.74 Å². The Morgan fingerprint density at radius 2 is 2.09 bits per heavy atom. The molecule has 2 rings (SSSR count). The van der Waals surface area contributed by atoms with Gasteiger partial charge >= 0.3 is 0 Å². The molecule has 1 aliphatic rings. The lowest BCUT2D eigenvalue weighted by molar-refractivity contribution is 0.0389. The second-order valence-corrected chi connectivity index (χ2v) is 5.71. The van der Waals surface area contributed by atoms with Crippen molar-refractivity contribution >= 4 is 23.5 Å². The highest BCUT2D eigenvalue weighted by Crippen LogP contribution is 2.11. The van der Waals surface area contributed by atoms with E-state index in [1.54, 1.807) is 0 Å². The van der Waals surface area contributed by atoms with Crippen LogP contribution in [0, 0.1) is 0 Å². The van der Waals surface area contributed by atoms with E-state index in [0.717, 1.165) is 39.4 Å². The maximum atomic E-state index is 5.32. The normalized spacial score (nSPS) is 17.3. The summed E-state index contributed by atoms with van der Waals surface area (Å²) in [5.41, 5.74) is 4.10. The fraction of sp³-hybridized carbons (Fsp3) is 0.500. The van der Waals surface area contributed by atoms with Crippen LogP contribution in [0.1, 0.15) is 18.4 Å². The van der Waals surface area contributed by atoms with Gasteiger partial charge in [0.1, 0.15) is 0 Å². The molecule has 1 aromatic rings. The SMILES string of the molecule is C[C@@H](/C=N\NC(=S)NCCN1CCOCC1)c1ccccc1. The molecule has 0 aromatic heterocycles. The second kappa shape index (κ2) is 9.50. The Kier molecular flexibility index (Phi) is 7.28. The molecule has 0 radical (unpaired) electrons. The maximum absolute atomic E-state index is 5.32. The lowest BCUT2D eigenvalue weighted by Crippen LogP contribution is -2.42. The van der Waals surface area contributed by atoms with E-state index in [-0.39, 0.29) is 5.92 Å². The molecule has 6 heteroatoms. The number of hydrazone groups is 1. The number of thiocarbonyl (C=S) groups is 1. The number of hydrogen-bond donors (Lipinski definition) is 2. The second-order valence-electron chi connectivity index (χ2n) is 5.30. The summed E-state index contributed by atoms with van der Waals surface area (Å²) in [7, 11) is 0. The predicted octanol–water partition coefficient (Wildman–Crippen LogP) is 1.57. The van der Waals surface area contributed by atoms with Crippen molar-refractivity contribution in [3.63, 3.8) is 0 Å². The minimum atomic E-state index is 0.254. The van der Waals surface area contributed by atoms with Gasteiger partial charge in [0.25, 0.3) is 0 Å². The van der Waals surface area contributed by atoms with Gasteiger partial charge in [-0.15, -0.1) is 0 Å². The molecular formula is C16H24N4OS. The van der Waals surface area contributed by atoms with Crippen LogP contribution in [0.5, 0.6) is 0 Å². The summed E-state index contributed by atoms with van der Waals surface area (Å²) in [4.78, 5) is 2.36. The zero-order chi connectivity index (χ0) is 15.6. The van der Waals surface area contributed by atoms with Crippen LogP contribution in [0.3, 0.4) is 0 Å². The third-order valence-corrected chi connectivity index (χ3v) is 3.84. The lowest BCUT2D eigenvalue weighted by Gasteiger charge is -2.26. The first kappa shape index (κ1) is 16.9. The van der Waals surface area contributed by atoms with Crippen molar-refractivity contribution in [2.24, 2.45) is 5.10 Å². The van der Waals surface area contributed by atoms with Crippen LogP contribution in [0.4, 0.5) is 0 Å². The summed E-state index contributed by atoms with van der Waals surface area (Å²) < 4.78 is 5.32. The monoisotopic (exact) mass is 320 g/mol. The summed E-state index contributed by atoms with van der Waals surface area (Å²) in [5, 5.41) is 7.93. The zero-order valence-corrected chi connectivity index (χ0v) is 13.8. The molecule has 0 aliphatic carbocycles. The third kappa shape index (κ3) is 6.09. The van der Waals surface area contributed by atoms with Crippen molar-refractivity contribution in [3.8, 4) is 0 Å². The van der Waals surface area contributed by atoms with Gasteiger partial charge in [0, 0.05) is 38.3 Å². The third-order valence-electron chi connectivity index (χ3n) is 3.61. The van der Waals surface area contributed by atoms with E-state index in [9.17, 15) is 0 Å². The summed E-state index contributed by atoms with van der Waals surface area (Å²) in [6, 6.07) is 10.3. The Bertz CT molecular complexity index is 474. The lowest BCUT2D eigenvalue weighted by atomic mass is 10.0. The number of benzene rings is 1. The van der Waals surface area contributed by atoms with Crippen molar-refractivity contribution in [2.45, 2.75) is 12.8 Å². The summed E-state index contributed by atoms with van der Waals surface area (Å²) in [6.07, 6.45) is 1.87. The first-order chi connectivity index (χ1) is 10.8. The minimum absolute atomic E-state index is 0.254. The maximum Gasteiger partial charge on any atom is 0.186 e. The molecule has 2 N–H and O–H groups in total. The number of hydrogen-bond acceptors (Lipinski definition) is 4. The van der Waals surface area contributed by atoms with Crippen LogP contribution in [-0.4, -0.2) is 55.6 Å². The molecule has 5 nitrogen and oxygen atoms in total. The molecule has 1 atom stereocenters. The first-order valence-electron chi connectivity index (χ1n) is 7.68. The van der Waals surface area contributed by atoms with Gasteiger partial charge in [-0.1, -0.05) is 37.3 Å². The summed E-state index contributed by atoms with van der Waals surface area (Å²) in [6.45, 7) is 7.53. The molecule has 0 unspecified atom stereocenters. The Labute approximate surface area is 137 Å². The number of nitrogens with zero attached hydrogens (tertiary/aromatic N) is 2. The fourth-order valence-electron chi connectivity index (χ4n) is 2.24. The van der Waals surface area contributed by atoms with Crippen LogP contribution < -0.4 is 10.7 Å². The van der Waals surface area contributed by atoms with Gasteiger partial charge in [-0.05, 0) is 17.8 Å². The van der Waals surface area contributed by atoms with Gasteiger partial charge in [-0.25, -0.2) is 0 Å². The Balaban J connectivity index is 1.61. The summed E-state index contributed by atoms with van der Waals surface area (Å²) in [5.74, 6) is 0.254. The van der Waals surface area contributed by atoms with Gasteiger partial charge in [-0.3, -0.25) is 10.3 Å². The van der Waals surface area contributed by atoms with E-state index in [1.807, 2.05) is 24.4 Å². The van der Waals surface area contributed by atoms with Crippen LogP contribution in [0.15, 0.2) is 35.4 Å². The van der Waals surface area contributed by atoms with E-state index >= 15 is 0 Å². The van der Waals surface area contributed by atoms with E-state index in [0.29, 0.717) is 5.11 Å². The van der Waals surface area contributed by atoms with E-state index < -0.39 is 0 Å². The van der Waals surface area contributed by atoms with E-state index in [2.05, 4.69) is 39.8 Å². The molecule has 120 valence electrons. The van der Waals surface area contributed by atoms with Gasteiger partial charge in [0.2, 0.25) is 0 Å². The van der Waals surface area contributed by atoms with E-state index in [4.69, 9.17) is 17.0 Å². The fourth-order valence-corrected chi connectivity index (χ4v) is 2.40. The van der Waals surface area contributed by atoms with Crippen molar-refractivity contribution in [1.82, 2.24) is 15.6 Å². The minimum Gasteiger partial charge on any atom is -0.379 e. The van der Waals surface area contributed by atoms with Crippen molar-refractivity contribution in [3.05, 3.63) is 35.9 Å². The molecule has 1 heterocycles. The van der Waals surface area contributed by atoms with Crippen molar-refractivity contribution < 1.29 is 4.74 Å². The number of rotatable bonds is 6. The van der Waals surface area contributed by atoms with Crippen molar-refractivity contribution in [2.75, 3.05) is 39.4 Å². The molecule has 0 amide bonds. The molecule has 1 fully saturated rings. The smallest absolute Gasteiger partial charge is 0.186 e. The number of ether oxygens (including phenoxy) is 1. The highest BCUT2D eigenvalue weighted by atomic mass is 32.1. The molecule has 22 heavy (non-hydrogen) atoms. The zero-order valence-electron chi connectivity index (χ0n) is 13.0. The molecule has 1 saturated heterocycles. The summed E-state index contributed by atoms with van der Waals surface area (Å²) >= 11 is 5.21. The first-order valence-corrected chi connectivity index (χ1v) is 8.08. The molecular weight excluding hydrogens is 296 g/mol. The molecule has 1 aliphatic heterocycles. The number of morpholine rings is 1. The Morgan fingerprint density at radius 3 is 2.82 bits per heavy atom. The largest absolute Gasteiger partial charge is 0.379 e. The topological polar surface area (TPSA) is 48.9 Å². The average molecular weight is 320 g/mol. The quantitative estimate of drug-likeness (QED) is 0.473.